The Bertz CT molecular complexity index is 452. The number of nitrogens with two attached hydrogens (primary N) is 1. The van der Waals surface area contributed by atoms with Crippen LogP contribution in [0, 0.1) is 12.8 Å². The molecule has 1 amide bonds. The standard InChI is InChI=1S/C14H21N3O.2ClH/c1-10-9-16-8-6-12(10)17-13(18)11-5-3-4-7-14(11,2)15;;/h6,8-9,11H,3-5,7,15H2,1-2H3,(H,16,17,18);2*1H. The van der Waals surface area contributed by atoms with Gasteiger partial charge in [0.1, 0.15) is 0 Å². The van der Waals surface area contributed by atoms with Crippen LogP contribution in [0.2, 0.25) is 0 Å². The largest absolute Gasteiger partial charge is 0.325 e. The van der Waals surface area contributed by atoms with E-state index in [-0.39, 0.29) is 42.2 Å². The highest BCUT2D eigenvalue weighted by Crippen LogP contribution is 2.32. The van der Waals surface area contributed by atoms with Crippen LogP contribution in [0.4, 0.5) is 5.69 Å². The van der Waals surface area contributed by atoms with E-state index in [1.807, 2.05) is 19.9 Å². The molecular formula is C14H23Cl2N3O. The minimum Gasteiger partial charge on any atom is -0.325 e. The summed E-state index contributed by atoms with van der Waals surface area (Å²) in [5, 5.41) is 2.98. The summed E-state index contributed by atoms with van der Waals surface area (Å²) in [6, 6.07) is 1.82. The molecule has 1 aliphatic carbocycles. The van der Waals surface area contributed by atoms with Crippen LogP contribution in [0.25, 0.3) is 0 Å². The molecule has 0 spiro atoms. The second-order valence-electron chi connectivity index (χ2n) is 5.48. The van der Waals surface area contributed by atoms with Crippen LogP contribution in [0.1, 0.15) is 38.2 Å². The van der Waals surface area contributed by atoms with Crippen LogP contribution in [0.3, 0.4) is 0 Å². The number of carbonyl (C=O) groups is 1. The number of aryl methyl sites for hydroxylation is 1. The van der Waals surface area contributed by atoms with Gasteiger partial charge < -0.3 is 11.1 Å². The molecule has 0 radical (unpaired) electrons. The van der Waals surface area contributed by atoms with Crippen molar-refractivity contribution >= 4 is 36.4 Å². The first-order valence-corrected chi connectivity index (χ1v) is 6.51. The molecule has 1 saturated carbocycles. The van der Waals surface area contributed by atoms with Gasteiger partial charge in [-0.25, -0.2) is 0 Å². The first-order valence-electron chi connectivity index (χ1n) is 6.51. The summed E-state index contributed by atoms with van der Waals surface area (Å²) in [4.78, 5) is 16.3. The van der Waals surface area contributed by atoms with Gasteiger partial charge in [0.25, 0.3) is 0 Å². The van der Waals surface area contributed by atoms with Gasteiger partial charge in [-0.2, -0.15) is 0 Å². The molecule has 1 fully saturated rings. The second kappa shape index (κ2) is 7.81. The number of nitrogens with zero attached hydrogens (tertiary/aromatic N) is 1. The predicted octanol–water partition coefficient (Wildman–Crippen LogP) is 3.08. The Labute approximate surface area is 132 Å². The molecule has 1 aromatic rings. The fourth-order valence-electron chi connectivity index (χ4n) is 2.62. The minimum absolute atomic E-state index is 0. The number of pyridine rings is 1. The number of halogens is 2. The minimum atomic E-state index is -0.386. The van der Waals surface area contributed by atoms with E-state index in [9.17, 15) is 4.79 Å². The van der Waals surface area contributed by atoms with Gasteiger partial charge in [-0.05, 0) is 38.3 Å². The summed E-state index contributed by atoms with van der Waals surface area (Å²) in [5.41, 5.74) is 7.66. The van der Waals surface area contributed by atoms with Crippen LogP contribution in [0.5, 0.6) is 0 Å². The molecule has 1 aromatic heterocycles. The van der Waals surface area contributed by atoms with Gasteiger partial charge in [-0.3, -0.25) is 9.78 Å². The van der Waals surface area contributed by atoms with Crippen molar-refractivity contribution in [3.8, 4) is 0 Å². The van der Waals surface area contributed by atoms with Gasteiger partial charge in [-0.15, -0.1) is 24.8 Å². The number of amides is 1. The zero-order valence-electron chi connectivity index (χ0n) is 11.9. The molecular weight excluding hydrogens is 297 g/mol. The lowest BCUT2D eigenvalue weighted by Gasteiger charge is -2.37. The van der Waals surface area contributed by atoms with Crippen molar-refractivity contribution in [2.75, 3.05) is 5.32 Å². The van der Waals surface area contributed by atoms with Crippen molar-refractivity contribution in [3.63, 3.8) is 0 Å². The Balaban J connectivity index is 0.00000180. The number of anilines is 1. The fourth-order valence-corrected chi connectivity index (χ4v) is 2.62. The number of hydrogen-bond donors (Lipinski definition) is 2. The second-order valence-corrected chi connectivity index (χ2v) is 5.48. The van der Waals surface area contributed by atoms with Crippen LogP contribution in [0.15, 0.2) is 18.5 Å². The smallest absolute Gasteiger partial charge is 0.229 e. The molecule has 0 bridgehead atoms. The summed E-state index contributed by atoms with van der Waals surface area (Å²) >= 11 is 0. The molecule has 20 heavy (non-hydrogen) atoms. The summed E-state index contributed by atoms with van der Waals surface area (Å²) in [6.45, 7) is 3.92. The van der Waals surface area contributed by atoms with Crippen molar-refractivity contribution in [3.05, 3.63) is 24.0 Å². The average Bonchev–Trinajstić information content (AvgIpc) is 2.31. The van der Waals surface area contributed by atoms with Gasteiger partial charge in [-0.1, -0.05) is 12.8 Å². The maximum absolute atomic E-state index is 12.3. The van der Waals surface area contributed by atoms with Gasteiger partial charge in [0.05, 0.1) is 5.92 Å². The quantitative estimate of drug-likeness (QED) is 0.880. The molecule has 2 rings (SSSR count). The van der Waals surface area contributed by atoms with Crippen molar-refractivity contribution in [1.29, 1.82) is 0 Å². The van der Waals surface area contributed by atoms with Crippen molar-refractivity contribution < 1.29 is 4.79 Å². The Morgan fingerprint density at radius 1 is 1.45 bits per heavy atom. The number of aromatic nitrogens is 1. The molecule has 0 saturated heterocycles. The van der Waals surface area contributed by atoms with Crippen LogP contribution in [-0.4, -0.2) is 16.4 Å². The van der Waals surface area contributed by atoms with E-state index in [2.05, 4.69) is 10.3 Å². The molecule has 1 aliphatic rings. The molecule has 3 N–H and O–H groups in total. The van der Waals surface area contributed by atoms with E-state index in [1.165, 1.54) is 0 Å². The maximum atomic E-state index is 12.3. The van der Waals surface area contributed by atoms with Crippen LogP contribution >= 0.6 is 24.8 Å². The molecule has 0 aliphatic heterocycles. The number of carbonyl (C=O) groups excluding carboxylic acids is 1. The predicted molar refractivity (Wildman–Crippen MR) is 86.7 cm³/mol. The third kappa shape index (κ3) is 4.33. The van der Waals surface area contributed by atoms with Crippen molar-refractivity contribution in [2.45, 2.75) is 45.1 Å². The summed E-state index contributed by atoms with van der Waals surface area (Å²) < 4.78 is 0. The molecule has 4 nitrogen and oxygen atoms in total. The molecule has 2 unspecified atom stereocenters. The van der Waals surface area contributed by atoms with Gasteiger partial charge in [0.2, 0.25) is 5.91 Å². The fraction of sp³-hybridized carbons (Fsp3) is 0.571. The number of hydrogen-bond acceptors (Lipinski definition) is 3. The third-order valence-electron chi connectivity index (χ3n) is 3.85. The summed E-state index contributed by atoms with van der Waals surface area (Å²) in [5.74, 6) is -0.0622. The molecule has 1 heterocycles. The summed E-state index contributed by atoms with van der Waals surface area (Å²) in [6.07, 6.45) is 7.43. The maximum Gasteiger partial charge on any atom is 0.229 e. The lowest BCUT2D eigenvalue weighted by atomic mass is 9.74. The zero-order valence-corrected chi connectivity index (χ0v) is 13.5. The Morgan fingerprint density at radius 2 is 2.15 bits per heavy atom. The van der Waals surface area contributed by atoms with E-state index in [0.29, 0.717) is 0 Å². The average molecular weight is 320 g/mol. The highest BCUT2D eigenvalue weighted by atomic mass is 35.5. The van der Waals surface area contributed by atoms with Gasteiger partial charge >= 0.3 is 0 Å². The van der Waals surface area contributed by atoms with E-state index in [4.69, 9.17) is 5.73 Å². The number of rotatable bonds is 2. The molecule has 6 heteroatoms. The first kappa shape index (κ1) is 19.2. The van der Waals surface area contributed by atoms with E-state index in [0.717, 1.165) is 36.9 Å². The zero-order chi connectivity index (χ0) is 13.2. The van der Waals surface area contributed by atoms with Gasteiger partial charge in [0.15, 0.2) is 0 Å². The molecule has 114 valence electrons. The lowest BCUT2D eigenvalue weighted by Crippen LogP contribution is -2.51. The highest BCUT2D eigenvalue weighted by Gasteiger charge is 2.37. The molecule has 2 atom stereocenters. The lowest BCUT2D eigenvalue weighted by molar-refractivity contribution is -0.122. The highest BCUT2D eigenvalue weighted by molar-refractivity contribution is 5.94. The number of nitrogens with one attached hydrogen (secondary N) is 1. The van der Waals surface area contributed by atoms with E-state index in [1.54, 1.807) is 12.4 Å². The van der Waals surface area contributed by atoms with E-state index >= 15 is 0 Å². The molecule has 0 aromatic carbocycles. The van der Waals surface area contributed by atoms with Gasteiger partial charge in [0, 0.05) is 23.6 Å². The Kier molecular flexibility index (Phi) is 7.49. The van der Waals surface area contributed by atoms with Crippen LogP contribution in [-0.2, 0) is 4.79 Å². The third-order valence-corrected chi connectivity index (χ3v) is 3.85. The SMILES string of the molecule is Cc1cnccc1NC(=O)C1CCCCC1(C)N.Cl.Cl. The Morgan fingerprint density at radius 3 is 2.75 bits per heavy atom. The monoisotopic (exact) mass is 319 g/mol. The topological polar surface area (TPSA) is 68.0 Å². The first-order chi connectivity index (χ1) is 8.50. The van der Waals surface area contributed by atoms with Crippen LogP contribution < -0.4 is 11.1 Å². The summed E-state index contributed by atoms with van der Waals surface area (Å²) in [7, 11) is 0. The normalized spacial score (nSPS) is 25.1. The Hall–Kier alpha value is -0.840. The van der Waals surface area contributed by atoms with Crippen molar-refractivity contribution in [1.82, 2.24) is 4.98 Å². The van der Waals surface area contributed by atoms with E-state index < -0.39 is 0 Å². The van der Waals surface area contributed by atoms with Crippen molar-refractivity contribution in [2.24, 2.45) is 11.7 Å².